The minimum absolute atomic E-state index is 0.0273. The molecule has 0 radical (unpaired) electrons. The van der Waals surface area contributed by atoms with Gasteiger partial charge in [0.1, 0.15) is 5.82 Å². The highest BCUT2D eigenvalue weighted by Gasteiger charge is 2.25. The van der Waals surface area contributed by atoms with Crippen molar-refractivity contribution < 1.29 is 4.79 Å². The van der Waals surface area contributed by atoms with Crippen LogP contribution in [-0.4, -0.2) is 68.7 Å². The average Bonchev–Trinajstić information content (AvgIpc) is 3.45. The number of hydrogen-bond acceptors (Lipinski definition) is 5. The largest absolute Gasteiger partial charge is 0.354 e. The number of nitrogens with one attached hydrogen (secondary N) is 2. The van der Waals surface area contributed by atoms with E-state index < -0.39 is 0 Å². The van der Waals surface area contributed by atoms with Gasteiger partial charge in [-0.15, -0.1) is 0 Å². The second kappa shape index (κ2) is 9.12. The van der Waals surface area contributed by atoms with Crippen LogP contribution in [0.1, 0.15) is 23.2 Å². The zero-order valence-corrected chi connectivity index (χ0v) is 20.3. The van der Waals surface area contributed by atoms with E-state index >= 15 is 0 Å². The third-order valence-electron chi connectivity index (χ3n) is 6.48. The van der Waals surface area contributed by atoms with Crippen LogP contribution >= 0.6 is 11.6 Å². The number of hydrogen-bond donors (Lipinski definition) is 2. The molecule has 5 rings (SSSR count). The second-order valence-corrected chi connectivity index (χ2v) is 9.46. The Labute approximate surface area is 203 Å². The van der Waals surface area contributed by atoms with Crippen LogP contribution in [0.4, 0.5) is 11.5 Å². The number of fused-ring (bicyclic) bond motifs is 1. The van der Waals surface area contributed by atoms with Gasteiger partial charge < -0.3 is 20.1 Å². The van der Waals surface area contributed by atoms with Gasteiger partial charge in [0.2, 0.25) is 0 Å². The topological polar surface area (TPSA) is 82.1 Å². The smallest absolute Gasteiger partial charge is 0.253 e. The maximum atomic E-state index is 13.0. The van der Waals surface area contributed by atoms with Crippen LogP contribution in [0.15, 0.2) is 48.9 Å². The number of nitrogens with zero attached hydrogens (tertiary/aromatic N) is 5. The normalized spacial score (nSPS) is 14.8. The first-order chi connectivity index (χ1) is 16.4. The number of amides is 1. The lowest BCUT2D eigenvalue weighted by molar-refractivity contribution is 0.0663. The summed E-state index contributed by atoms with van der Waals surface area (Å²) in [6.45, 7) is 1.53. The zero-order valence-electron chi connectivity index (χ0n) is 19.5. The summed E-state index contributed by atoms with van der Waals surface area (Å²) in [7, 11) is 6.08. The minimum Gasteiger partial charge on any atom is -0.354 e. The Hall–Kier alpha value is -3.36. The van der Waals surface area contributed by atoms with Crippen LogP contribution in [0.3, 0.4) is 0 Å². The van der Waals surface area contributed by atoms with Crippen molar-refractivity contribution in [2.75, 3.05) is 32.5 Å². The van der Waals surface area contributed by atoms with Gasteiger partial charge in [0.15, 0.2) is 0 Å². The molecule has 0 aliphatic carbocycles. The van der Waals surface area contributed by atoms with Gasteiger partial charge in [0.25, 0.3) is 5.91 Å². The summed E-state index contributed by atoms with van der Waals surface area (Å²) in [5.74, 6) is 0.693. The number of piperidine rings is 1. The van der Waals surface area contributed by atoms with E-state index in [1.54, 1.807) is 10.7 Å². The Morgan fingerprint density at radius 1 is 1.18 bits per heavy atom. The van der Waals surface area contributed by atoms with E-state index in [2.05, 4.69) is 45.4 Å². The number of anilines is 2. The molecule has 4 aromatic rings. The second-order valence-electron chi connectivity index (χ2n) is 9.05. The first-order valence-electron chi connectivity index (χ1n) is 11.4. The van der Waals surface area contributed by atoms with E-state index in [0.29, 0.717) is 28.1 Å². The number of H-pyrrole nitrogens is 1. The third-order valence-corrected chi connectivity index (χ3v) is 6.79. The van der Waals surface area contributed by atoms with Crippen molar-refractivity contribution in [1.82, 2.24) is 29.5 Å². The fourth-order valence-electron chi connectivity index (χ4n) is 4.47. The van der Waals surface area contributed by atoms with Crippen LogP contribution in [-0.2, 0) is 7.05 Å². The van der Waals surface area contributed by atoms with Crippen LogP contribution in [0.5, 0.6) is 0 Å². The van der Waals surface area contributed by atoms with Crippen molar-refractivity contribution in [3.05, 3.63) is 59.5 Å². The highest BCUT2D eigenvalue weighted by atomic mass is 35.5. The Morgan fingerprint density at radius 3 is 2.65 bits per heavy atom. The predicted octanol–water partition coefficient (Wildman–Crippen LogP) is 4.53. The quantitative estimate of drug-likeness (QED) is 0.441. The summed E-state index contributed by atoms with van der Waals surface area (Å²) in [5.41, 5.74) is 4.27. The van der Waals surface area contributed by atoms with Gasteiger partial charge in [0.05, 0.1) is 22.4 Å². The van der Waals surface area contributed by atoms with Gasteiger partial charge in [0, 0.05) is 66.8 Å². The van der Waals surface area contributed by atoms with E-state index in [9.17, 15) is 4.79 Å². The van der Waals surface area contributed by atoms with E-state index in [-0.39, 0.29) is 5.91 Å². The molecule has 0 atom stereocenters. The number of aromatic nitrogens is 4. The Bertz CT molecular complexity index is 1330. The molecule has 1 amide bonds. The molecule has 1 saturated heterocycles. The molecule has 1 aliphatic rings. The van der Waals surface area contributed by atoms with Crippen molar-refractivity contribution >= 4 is 39.9 Å². The molecule has 176 valence electrons. The number of aryl methyl sites for hydroxylation is 1. The first-order valence-corrected chi connectivity index (χ1v) is 11.8. The minimum atomic E-state index is 0.0273. The Kier molecular flexibility index (Phi) is 6.02. The van der Waals surface area contributed by atoms with Crippen molar-refractivity contribution in [2.24, 2.45) is 7.05 Å². The number of carbonyl (C=O) groups is 1. The molecular weight excluding hydrogens is 450 g/mol. The van der Waals surface area contributed by atoms with E-state index in [0.717, 1.165) is 48.1 Å². The number of pyridine rings is 1. The molecule has 0 spiro atoms. The van der Waals surface area contributed by atoms with E-state index in [1.807, 2.05) is 48.7 Å². The van der Waals surface area contributed by atoms with Gasteiger partial charge in [-0.25, -0.2) is 4.98 Å². The number of rotatable bonds is 5. The van der Waals surface area contributed by atoms with Gasteiger partial charge >= 0.3 is 0 Å². The van der Waals surface area contributed by atoms with E-state index in [4.69, 9.17) is 11.6 Å². The maximum absolute atomic E-state index is 13.0. The van der Waals surface area contributed by atoms with Crippen molar-refractivity contribution in [1.29, 1.82) is 0 Å². The number of aromatic amines is 1. The van der Waals surface area contributed by atoms with Crippen molar-refractivity contribution in [3.8, 4) is 11.3 Å². The third kappa shape index (κ3) is 4.51. The monoisotopic (exact) mass is 477 g/mol. The number of carbonyl (C=O) groups excluding carboxylic acids is 1. The lowest BCUT2D eigenvalue weighted by Crippen LogP contribution is -2.44. The van der Waals surface area contributed by atoms with Crippen LogP contribution in [0.25, 0.3) is 22.2 Å². The molecule has 0 saturated carbocycles. The summed E-state index contributed by atoms with van der Waals surface area (Å²) < 4.78 is 1.77. The van der Waals surface area contributed by atoms with Crippen LogP contribution in [0.2, 0.25) is 5.02 Å². The van der Waals surface area contributed by atoms with Crippen molar-refractivity contribution in [2.45, 2.75) is 18.9 Å². The lowest BCUT2D eigenvalue weighted by atomic mass is 10.0. The molecule has 9 heteroatoms. The molecular formula is C25H28ClN7O. The maximum Gasteiger partial charge on any atom is 0.253 e. The highest BCUT2D eigenvalue weighted by molar-refractivity contribution is 6.33. The molecule has 1 aromatic carbocycles. The highest BCUT2D eigenvalue weighted by Crippen LogP contribution is 2.29. The molecule has 2 N–H and O–H groups in total. The SMILES string of the molecule is CN(C)C1CCN(C(=O)c2ccc(Nc3cc4[nH]c(-c5cnn(C)c5)cc4cn3)c(Cl)c2)CC1. The molecule has 0 bridgehead atoms. The molecule has 3 aromatic heterocycles. The summed E-state index contributed by atoms with van der Waals surface area (Å²) >= 11 is 6.55. The van der Waals surface area contributed by atoms with Gasteiger partial charge in [-0.2, -0.15) is 5.10 Å². The Balaban J connectivity index is 1.30. The summed E-state index contributed by atoms with van der Waals surface area (Å²) in [6, 6.07) is 9.92. The lowest BCUT2D eigenvalue weighted by Gasteiger charge is -2.35. The van der Waals surface area contributed by atoms with Crippen LogP contribution < -0.4 is 5.32 Å². The number of benzene rings is 1. The van der Waals surface area contributed by atoms with Gasteiger partial charge in [-0.1, -0.05) is 11.6 Å². The first kappa shape index (κ1) is 22.4. The van der Waals surface area contributed by atoms with Crippen LogP contribution in [0, 0.1) is 0 Å². The molecule has 1 fully saturated rings. The number of likely N-dealkylation sites (tertiary alicyclic amines) is 1. The van der Waals surface area contributed by atoms with E-state index in [1.165, 1.54) is 0 Å². The summed E-state index contributed by atoms with van der Waals surface area (Å²) in [5, 5.41) is 9.00. The standard InChI is InChI=1S/C25H28ClN7O/c1-31(2)19-6-8-33(9-7-19)25(34)16-4-5-21(20(26)10-16)30-24-12-23-17(13-27-24)11-22(29-23)18-14-28-32(3)15-18/h4-5,10-15,19,29H,6-9H2,1-3H3,(H,27,30). The Morgan fingerprint density at radius 2 is 1.97 bits per heavy atom. The molecule has 1 aliphatic heterocycles. The van der Waals surface area contributed by atoms with Gasteiger partial charge in [-0.05, 0) is 51.2 Å². The summed E-state index contributed by atoms with van der Waals surface area (Å²) in [4.78, 5) is 25.1. The summed E-state index contributed by atoms with van der Waals surface area (Å²) in [6.07, 6.45) is 7.58. The molecule has 8 nitrogen and oxygen atoms in total. The van der Waals surface area contributed by atoms with Crippen molar-refractivity contribution in [3.63, 3.8) is 0 Å². The van der Waals surface area contributed by atoms with Gasteiger partial charge in [-0.3, -0.25) is 9.48 Å². The average molecular weight is 478 g/mol. The molecule has 0 unspecified atom stereocenters. The fraction of sp³-hybridized carbons (Fsp3) is 0.320. The molecule has 34 heavy (non-hydrogen) atoms. The number of halogens is 1. The zero-order chi connectivity index (χ0) is 23.8. The molecule has 4 heterocycles. The predicted molar refractivity (Wildman–Crippen MR) is 136 cm³/mol. The fourth-order valence-corrected chi connectivity index (χ4v) is 4.69.